The molecule has 1 atom stereocenters. The fraction of sp³-hybridized carbons (Fsp3) is 0.182. The van der Waals surface area contributed by atoms with Gasteiger partial charge < -0.3 is 14.8 Å². The molecule has 0 unspecified atom stereocenters. The molecule has 6 heteroatoms. The highest BCUT2D eigenvalue weighted by Gasteiger charge is 2.49. The predicted octanol–water partition coefficient (Wildman–Crippen LogP) is 3.54. The molecule has 5 rings (SSSR count). The Labute approximate surface area is 161 Å². The molecule has 2 aliphatic rings. The highest BCUT2D eigenvalue weighted by atomic mass is 16.7. The normalized spacial score (nSPS) is 20.7. The number of hydrogen-bond acceptors (Lipinski definition) is 4. The van der Waals surface area contributed by atoms with Crippen molar-refractivity contribution in [3.8, 4) is 11.5 Å². The molecule has 140 valence electrons. The molecule has 3 aromatic carbocycles. The molecule has 2 aliphatic heterocycles. The van der Waals surface area contributed by atoms with Crippen LogP contribution in [0.1, 0.15) is 18.1 Å². The number of benzene rings is 3. The van der Waals surface area contributed by atoms with E-state index in [-0.39, 0.29) is 19.2 Å². The number of amides is 3. The van der Waals surface area contributed by atoms with Gasteiger partial charge in [-0.05, 0) is 47.0 Å². The summed E-state index contributed by atoms with van der Waals surface area (Å²) >= 11 is 0. The number of nitrogens with one attached hydrogen (secondary N) is 1. The SMILES string of the molecule is C[C@@]1(c2ccc3ccccc3c2)NC(=O)N(Cc2ccc3c(c2)OCO3)C1=O. The number of fused-ring (bicyclic) bond motifs is 2. The third-order valence-electron chi connectivity index (χ3n) is 5.38. The van der Waals surface area contributed by atoms with E-state index in [1.165, 1.54) is 4.90 Å². The van der Waals surface area contributed by atoms with Crippen LogP contribution in [0, 0.1) is 0 Å². The van der Waals surface area contributed by atoms with E-state index < -0.39 is 11.6 Å². The first-order chi connectivity index (χ1) is 13.5. The Morgan fingerprint density at radius 1 is 0.964 bits per heavy atom. The van der Waals surface area contributed by atoms with Crippen LogP contribution in [-0.4, -0.2) is 23.6 Å². The van der Waals surface area contributed by atoms with Crippen molar-refractivity contribution < 1.29 is 19.1 Å². The summed E-state index contributed by atoms with van der Waals surface area (Å²) in [5.41, 5.74) is 0.463. The number of hydrogen-bond donors (Lipinski definition) is 1. The van der Waals surface area contributed by atoms with Gasteiger partial charge in [0.05, 0.1) is 6.54 Å². The largest absolute Gasteiger partial charge is 0.454 e. The fourth-order valence-electron chi connectivity index (χ4n) is 3.76. The van der Waals surface area contributed by atoms with E-state index in [0.717, 1.165) is 21.9 Å². The molecule has 1 fully saturated rings. The van der Waals surface area contributed by atoms with Crippen LogP contribution < -0.4 is 14.8 Å². The topological polar surface area (TPSA) is 67.9 Å². The lowest BCUT2D eigenvalue weighted by atomic mass is 9.90. The van der Waals surface area contributed by atoms with E-state index >= 15 is 0 Å². The van der Waals surface area contributed by atoms with Gasteiger partial charge in [0.15, 0.2) is 11.5 Å². The lowest BCUT2D eigenvalue weighted by molar-refractivity contribution is -0.131. The highest BCUT2D eigenvalue weighted by molar-refractivity contribution is 6.07. The maximum Gasteiger partial charge on any atom is 0.325 e. The standard InChI is InChI=1S/C22H18N2O4/c1-22(17-8-7-15-4-2-3-5-16(15)11-17)20(25)24(21(26)23-22)12-14-6-9-18-19(10-14)28-13-27-18/h2-11H,12-13H2,1H3,(H,23,26)/t22-/m0/s1. The fourth-order valence-corrected chi connectivity index (χ4v) is 3.76. The summed E-state index contributed by atoms with van der Waals surface area (Å²) in [6.07, 6.45) is 0. The van der Waals surface area contributed by atoms with E-state index in [4.69, 9.17) is 9.47 Å². The molecule has 6 nitrogen and oxygen atoms in total. The van der Waals surface area contributed by atoms with Crippen molar-refractivity contribution in [1.82, 2.24) is 10.2 Å². The summed E-state index contributed by atoms with van der Waals surface area (Å²) in [5.74, 6) is 1.02. The van der Waals surface area contributed by atoms with Crippen molar-refractivity contribution in [2.75, 3.05) is 6.79 Å². The van der Waals surface area contributed by atoms with Crippen LogP contribution in [0.25, 0.3) is 10.8 Å². The maximum absolute atomic E-state index is 13.2. The van der Waals surface area contributed by atoms with E-state index in [0.29, 0.717) is 11.5 Å². The smallest absolute Gasteiger partial charge is 0.325 e. The quantitative estimate of drug-likeness (QED) is 0.712. The molecule has 0 saturated carbocycles. The Hall–Kier alpha value is -3.54. The van der Waals surface area contributed by atoms with Gasteiger partial charge in [0.1, 0.15) is 5.54 Å². The minimum Gasteiger partial charge on any atom is -0.454 e. The Morgan fingerprint density at radius 2 is 1.75 bits per heavy atom. The van der Waals surface area contributed by atoms with E-state index in [9.17, 15) is 9.59 Å². The average molecular weight is 374 g/mol. The van der Waals surface area contributed by atoms with Crippen LogP contribution in [0.4, 0.5) is 4.79 Å². The molecule has 1 saturated heterocycles. The summed E-state index contributed by atoms with van der Waals surface area (Å²) in [6, 6.07) is 18.8. The van der Waals surface area contributed by atoms with Gasteiger partial charge >= 0.3 is 6.03 Å². The molecule has 0 aliphatic carbocycles. The molecule has 28 heavy (non-hydrogen) atoms. The number of carbonyl (C=O) groups excluding carboxylic acids is 2. The molecular formula is C22H18N2O4. The van der Waals surface area contributed by atoms with Crippen molar-refractivity contribution >= 4 is 22.7 Å². The first-order valence-corrected chi connectivity index (χ1v) is 9.06. The van der Waals surface area contributed by atoms with Crippen LogP contribution >= 0.6 is 0 Å². The lowest BCUT2D eigenvalue weighted by Crippen LogP contribution is -2.40. The van der Waals surface area contributed by atoms with Crippen LogP contribution in [0.2, 0.25) is 0 Å². The Morgan fingerprint density at radius 3 is 2.61 bits per heavy atom. The maximum atomic E-state index is 13.2. The zero-order chi connectivity index (χ0) is 19.3. The number of ether oxygens (including phenoxy) is 2. The van der Waals surface area contributed by atoms with Crippen molar-refractivity contribution in [3.63, 3.8) is 0 Å². The molecule has 3 aromatic rings. The number of rotatable bonds is 3. The number of nitrogens with zero attached hydrogens (tertiary/aromatic N) is 1. The van der Waals surface area contributed by atoms with Gasteiger partial charge in [0.2, 0.25) is 6.79 Å². The second kappa shape index (κ2) is 5.99. The second-order valence-corrected chi connectivity index (χ2v) is 7.20. The van der Waals surface area contributed by atoms with Gasteiger partial charge in [-0.15, -0.1) is 0 Å². The Balaban J connectivity index is 1.45. The van der Waals surface area contributed by atoms with Gasteiger partial charge in [0.25, 0.3) is 5.91 Å². The highest BCUT2D eigenvalue weighted by Crippen LogP contribution is 2.35. The minimum atomic E-state index is -1.10. The van der Waals surface area contributed by atoms with Gasteiger partial charge in [-0.25, -0.2) is 4.79 Å². The van der Waals surface area contributed by atoms with E-state index in [2.05, 4.69) is 5.32 Å². The minimum absolute atomic E-state index is 0.171. The predicted molar refractivity (Wildman–Crippen MR) is 103 cm³/mol. The van der Waals surface area contributed by atoms with Crippen molar-refractivity contribution in [3.05, 3.63) is 71.8 Å². The zero-order valence-corrected chi connectivity index (χ0v) is 15.3. The van der Waals surface area contributed by atoms with Crippen LogP contribution in [0.3, 0.4) is 0 Å². The van der Waals surface area contributed by atoms with Crippen LogP contribution in [0.5, 0.6) is 11.5 Å². The zero-order valence-electron chi connectivity index (χ0n) is 15.3. The van der Waals surface area contributed by atoms with Crippen LogP contribution in [0.15, 0.2) is 60.7 Å². The first-order valence-electron chi connectivity index (χ1n) is 9.06. The molecule has 0 bridgehead atoms. The van der Waals surface area contributed by atoms with E-state index in [1.54, 1.807) is 19.1 Å². The number of imide groups is 1. The third-order valence-corrected chi connectivity index (χ3v) is 5.38. The molecule has 0 spiro atoms. The average Bonchev–Trinajstić information content (AvgIpc) is 3.26. The van der Waals surface area contributed by atoms with Gasteiger partial charge in [-0.3, -0.25) is 9.69 Å². The Kier molecular flexibility index (Phi) is 3.55. The van der Waals surface area contributed by atoms with Gasteiger partial charge in [0, 0.05) is 0 Å². The molecule has 2 heterocycles. The summed E-state index contributed by atoms with van der Waals surface area (Å²) in [5, 5.41) is 4.98. The van der Waals surface area contributed by atoms with Crippen molar-refractivity contribution in [2.45, 2.75) is 19.0 Å². The lowest BCUT2D eigenvalue weighted by Gasteiger charge is -2.23. The van der Waals surface area contributed by atoms with Crippen LogP contribution in [-0.2, 0) is 16.9 Å². The van der Waals surface area contributed by atoms with Crippen molar-refractivity contribution in [2.24, 2.45) is 0 Å². The number of carbonyl (C=O) groups is 2. The summed E-state index contributed by atoms with van der Waals surface area (Å²) in [6.45, 7) is 2.10. The summed E-state index contributed by atoms with van der Waals surface area (Å²) in [7, 11) is 0. The van der Waals surface area contributed by atoms with Gasteiger partial charge in [-0.1, -0.05) is 42.5 Å². The molecule has 0 radical (unpaired) electrons. The molecule has 3 amide bonds. The second-order valence-electron chi connectivity index (χ2n) is 7.20. The number of urea groups is 1. The molecule has 0 aromatic heterocycles. The molecule has 1 N–H and O–H groups in total. The third kappa shape index (κ3) is 2.49. The van der Waals surface area contributed by atoms with Crippen molar-refractivity contribution in [1.29, 1.82) is 0 Å². The monoisotopic (exact) mass is 374 g/mol. The first kappa shape index (κ1) is 16.6. The Bertz CT molecular complexity index is 1130. The summed E-state index contributed by atoms with van der Waals surface area (Å²) in [4.78, 5) is 27.1. The summed E-state index contributed by atoms with van der Waals surface area (Å²) < 4.78 is 10.7. The van der Waals surface area contributed by atoms with E-state index in [1.807, 2.05) is 48.5 Å². The molecular weight excluding hydrogens is 356 g/mol. The van der Waals surface area contributed by atoms with Gasteiger partial charge in [-0.2, -0.15) is 0 Å².